The van der Waals surface area contributed by atoms with Crippen molar-refractivity contribution in [2.75, 3.05) is 5.32 Å². The summed E-state index contributed by atoms with van der Waals surface area (Å²) in [7, 11) is 0. The minimum atomic E-state index is 0.377. The summed E-state index contributed by atoms with van der Waals surface area (Å²) in [5.74, 6) is 1.26. The summed E-state index contributed by atoms with van der Waals surface area (Å²) in [6, 6.07) is 10.3. The molecule has 0 spiro atoms. The maximum absolute atomic E-state index is 4.37. The topological polar surface area (TPSA) is 37.8 Å². The molecule has 0 bridgehead atoms. The standard InChI is InChI=1S/C14H17N3/c1-11(2)13-14(16-9-8-15-13)17-10-12-6-4-3-5-7-12/h3-9,11H,10H2,1-2H3,(H,16,17). The van der Waals surface area contributed by atoms with Gasteiger partial charge < -0.3 is 5.32 Å². The van der Waals surface area contributed by atoms with E-state index in [9.17, 15) is 0 Å². The van der Waals surface area contributed by atoms with Crippen LogP contribution in [-0.2, 0) is 6.54 Å². The first-order chi connectivity index (χ1) is 8.27. The third-order valence-electron chi connectivity index (χ3n) is 2.58. The molecule has 0 saturated carbocycles. The number of hydrogen-bond donors (Lipinski definition) is 1. The fourth-order valence-electron chi connectivity index (χ4n) is 1.69. The summed E-state index contributed by atoms with van der Waals surface area (Å²) >= 11 is 0. The van der Waals surface area contributed by atoms with E-state index < -0.39 is 0 Å². The molecule has 1 aromatic heterocycles. The van der Waals surface area contributed by atoms with E-state index in [1.165, 1.54) is 5.56 Å². The smallest absolute Gasteiger partial charge is 0.148 e. The predicted molar refractivity (Wildman–Crippen MR) is 69.9 cm³/mol. The van der Waals surface area contributed by atoms with E-state index in [1.807, 2.05) is 18.2 Å². The van der Waals surface area contributed by atoms with Gasteiger partial charge in [0.05, 0.1) is 5.69 Å². The zero-order valence-electron chi connectivity index (χ0n) is 10.2. The molecule has 1 N–H and O–H groups in total. The number of benzene rings is 1. The first-order valence-corrected chi connectivity index (χ1v) is 5.86. The van der Waals surface area contributed by atoms with Crippen molar-refractivity contribution < 1.29 is 0 Å². The Kier molecular flexibility index (Phi) is 3.70. The minimum absolute atomic E-state index is 0.377. The van der Waals surface area contributed by atoms with Gasteiger partial charge in [0.25, 0.3) is 0 Å². The molecule has 1 heterocycles. The van der Waals surface area contributed by atoms with Crippen LogP contribution >= 0.6 is 0 Å². The quantitative estimate of drug-likeness (QED) is 0.871. The summed E-state index contributed by atoms with van der Waals surface area (Å²) in [5, 5.41) is 3.34. The van der Waals surface area contributed by atoms with E-state index in [-0.39, 0.29) is 0 Å². The van der Waals surface area contributed by atoms with Gasteiger partial charge in [0, 0.05) is 18.9 Å². The lowest BCUT2D eigenvalue weighted by Gasteiger charge is -2.11. The zero-order chi connectivity index (χ0) is 12.1. The highest BCUT2D eigenvalue weighted by atomic mass is 15.0. The molecule has 0 unspecified atom stereocenters. The van der Waals surface area contributed by atoms with E-state index >= 15 is 0 Å². The highest BCUT2D eigenvalue weighted by Crippen LogP contribution is 2.19. The van der Waals surface area contributed by atoms with Crippen molar-refractivity contribution in [2.45, 2.75) is 26.3 Å². The number of hydrogen-bond acceptors (Lipinski definition) is 3. The molecule has 0 aliphatic carbocycles. The average Bonchev–Trinajstić information content (AvgIpc) is 2.38. The molecule has 1 aromatic carbocycles. The highest BCUT2D eigenvalue weighted by Gasteiger charge is 2.08. The molecule has 0 atom stereocenters. The summed E-state index contributed by atoms with van der Waals surface area (Å²) in [6.07, 6.45) is 3.46. The van der Waals surface area contributed by atoms with Crippen LogP contribution in [-0.4, -0.2) is 9.97 Å². The molecule has 88 valence electrons. The number of nitrogens with one attached hydrogen (secondary N) is 1. The third kappa shape index (κ3) is 3.03. The minimum Gasteiger partial charge on any atom is -0.364 e. The molecule has 17 heavy (non-hydrogen) atoms. The number of anilines is 1. The summed E-state index contributed by atoms with van der Waals surface area (Å²) in [5.41, 5.74) is 2.26. The molecule has 3 nitrogen and oxygen atoms in total. The Labute approximate surface area is 102 Å². The second kappa shape index (κ2) is 5.43. The monoisotopic (exact) mass is 227 g/mol. The SMILES string of the molecule is CC(C)c1nccnc1NCc1ccccc1. The number of rotatable bonds is 4. The van der Waals surface area contributed by atoms with Crippen molar-refractivity contribution in [3.8, 4) is 0 Å². The van der Waals surface area contributed by atoms with Crippen LogP contribution in [0.25, 0.3) is 0 Å². The van der Waals surface area contributed by atoms with Gasteiger partial charge in [0.2, 0.25) is 0 Å². The maximum Gasteiger partial charge on any atom is 0.148 e. The van der Waals surface area contributed by atoms with Crippen LogP contribution in [0, 0.1) is 0 Å². The van der Waals surface area contributed by atoms with Gasteiger partial charge in [-0.3, -0.25) is 4.98 Å². The van der Waals surface area contributed by atoms with Gasteiger partial charge in [0.1, 0.15) is 5.82 Å². The van der Waals surface area contributed by atoms with E-state index in [0.717, 1.165) is 18.1 Å². The largest absolute Gasteiger partial charge is 0.364 e. The van der Waals surface area contributed by atoms with Crippen LogP contribution in [0.4, 0.5) is 5.82 Å². The molecule has 2 rings (SSSR count). The number of nitrogens with zero attached hydrogens (tertiary/aromatic N) is 2. The van der Waals surface area contributed by atoms with Gasteiger partial charge in [-0.25, -0.2) is 4.98 Å². The molecule has 0 saturated heterocycles. The van der Waals surface area contributed by atoms with E-state index in [1.54, 1.807) is 12.4 Å². The van der Waals surface area contributed by atoms with Gasteiger partial charge in [-0.1, -0.05) is 44.2 Å². The lowest BCUT2D eigenvalue weighted by atomic mass is 10.1. The Morgan fingerprint density at radius 3 is 2.47 bits per heavy atom. The molecular formula is C14H17N3. The van der Waals surface area contributed by atoms with E-state index in [0.29, 0.717) is 5.92 Å². The van der Waals surface area contributed by atoms with Gasteiger partial charge in [-0.2, -0.15) is 0 Å². The Balaban J connectivity index is 2.09. The normalized spacial score (nSPS) is 10.5. The summed E-state index contributed by atoms with van der Waals surface area (Å²) in [4.78, 5) is 8.71. The fourth-order valence-corrected chi connectivity index (χ4v) is 1.69. The van der Waals surface area contributed by atoms with Crippen molar-refractivity contribution in [3.63, 3.8) is 0 Å². The van der Waals surface area contributed by atoms with Crippen molar-refractivity contribution in [2.24, 2.45) is 0 Å². The fraction of sp³-hybridized carbons (Fsp3) is 0.286. The van der Waals surface area contributed by atoms with Crippen molar-refractivity contribution in [3.05, 3.63) is 54.0 Å². The lowest BCUT2D eigenvalue weighted by molar-refractivity contribution is 0.811. The maximum atomic E-state index is 4.37. The molecule has 0 fully saturated rings. The van der Waals surface area contributed by atoms with Gasteiger partial charge in [-0.05, 0) is 11.5 Å². The molecule has 3 heteroatoms. The van der Waals surface area contributed by atoms with Crippen molar-refractivity contribution in [1.82, 2.24) is 9.97 Å². The van der Waals surface area contributed by atoms with Crippen LogP contribution in [0.1, 0.15) is 31.0 Å². The second-order valence-electron chi connectivity index (χ2n) is 4.28. The lowest BCUT2D eigenvalue weighted by Crippen LogP contribution is -2.06. The Morgan fingerprint density at radius 1 is 1.06 bits per heavy atom. The molecular weight excluding hydrogens is 210 g/mol. The van der Waals surface area contributed by atoms with Crippen LogP contribution in [0.15, 0.2) is 42.7 Å². The Hall–Kier alpha value is -1.90. The average molecular weight is 227 g/mol. The first-order valence-electron chi connectivity index (χ1n) is 5.86. The Morgan fingerprint density at radius 2 is 1.76 bits per heavy atom. The van der Waals surface area contributed by atoms with Crippen LogP contribution in [0.3, 0.4) is 0 Å². The molecule has 0 aliphatic heterocycles. The molecule has 0 aliphatic rings. The number of aromatic nitrogens is 2. The van der Waals surface area contributed by atoms with Crippen molar-refractivity contribution in [1.29, 1.82) is 0 Å². The van der Waals surface area contributed by atoms with Gasteiger partial charge in [0.15, 0.2) is 0 Å². The van der Waals surface area contributed by atoms with Gasteiger partial charge in [-0.15, -0.1) is 0 Å². The first kappa shape index (κ1) is 11.6. The van der Waals surface area contributed by atoms with Crippen molar-refractivity contribution >= 4 is 5.82 Å². The van der Waals surface area contributed by atoms with Gasteiger partial charge >= 0.3 is 0 Å². The van der Waals surface area contributed by atoms with Crippen LogP contribution in [0.2, 0.25) is 0 Å². The predicted octanol–water partition coefficient (Wildman–Crippen LogP) is 3.21. The second-order valence-corrected chi connectivity index (χ2v) is 4.28. The highest BCUT2D eigenvalue weighted by molar-refractivity contribution is 5.41. The molecule has 0 amide bonds. The summed E-state index contributed by atoms with van der Waals surface area (Å²) in [6.45, 7) is 5.02. The molecule has 2 aromatic rings. The summed E-state index contributed by atoms with van der Waals surface area (Å²) < 4.78 is 0. The van der Waals surface area contributed by atoms with Crippen LogP contribution < -0.4 is 5.32 Å². The Bertz CT molecular complexity index is 466. The van der Waals surface area contributed by atoms with E-state index in [2.05, 4.69) is 41.3 Å². The third-order valence-corrected chi connectivity index (χ3v) is 2.58. The van der Waals surface area contributed by atoms with Crippen LogP contribution in [0.5, 0.6) is 0 Å². The van der Waals surface area contributed by atoms with E-state index in [4.69, 9.17) is 0 Å². The zero-order valence-corrected chi connectivity index (χ0v) is 10.2. The molecule has 0 radical (unpaired) electrons.